The number of nitrogens with two attached hydrogens (primary N) is 1. The highest BCUT2D eigenvalue weighted by atomic mass is 32.2. The summed E-state index contributed by atoms with van der Waals surface area (Å²) in [6, 6.07) is -0.375. The fraction of sp³-hybridized carbons (Fsp3) is 0.923. The first-order valence-electron chi connectivity index (χ1n) is 19.4. The van der Waals surface area contributed by atoms with Gasteiger partial charge in [-0.05, 0) is 31.4 Å². The molecule has 0 aliphatic carbocycles. The van der Waals surface area contributed by atoms with Gasteiger partial charge in [-0.1, -0.05) is 169 Å². The molecule has 0 aromatic carbocycles. The molecule has 0 rings (SSSR count). The van der Waals surface area contributed by atoms with Crippen molar-refractivity contribution in [2.24, 2.45) is 11.7 Å². The van der Waals surface area contributed by atoms with E-state index in [0.29, 0.717) is 25.4 Å². The van der Waals surface area contributed by atoms with Gasteiger partial charge < -0.3 is 20.1 Å². The molecule has 0 fully saturated rings. The number of carbonyl (C=O) groups is 3. The van der Waals surface area contributed by atoms with Crippen molar-refractivity contribution in [2.75, 3.05) is 18.1 Å². The second-order valence-corrected chi connectivity index (χ2v) is 13.6. The number of aldehydes is 2. The fourth-order valence-electron chi connectivity index (χ4n) is 5.05. The van der Waals surface area contributed by atoms with Crippen LogP contribution in [0.1, 0.15) is 202 Å². The Bertz CT molecular complexity index is 575. The molecule has 0 aliphatic heterocycles. The highest BCUT2D eigenvalue weighted by Gasteiger charge is 2.07. The number of carbonyl (C=O) groups excluding carboxylic acids is 3. The molecule has 0 aliphatic rings. The van der Waals surface area contributed by atoms with E-state index in [0.717, 1.165) is 43.5 Å². The lowest BCUT2D eigenvalue weighted by molar-refractivity contribution is -0.143. The van der Waals surface area contributed by atoms with Crippen LogP contribution in [0.2, 0.25) is 0 Å². The minimum atomic E-state index is -0.375. The SMILES string of the molecule is CC.CCCCCCCCC(C=O)CCCCCC.CCCCCCCCCCCCCCOC(=O)CCSCCC(N)C=O. The Kier molecular flexibility index (Phi) is 48.8. The summed E-state index contributed by atoms with van der Waals surface area (Å²) in [6.07, 6.45) is 34.2. The zero-order valence-corrected chi connectivity index (χ0v) is 31.8. The third-order valence-corrected chi connectivity index (χ3v) is 9.05. The summed E-state index contributed by atoms with van der Waals surface area (Å²) in [4.78, 5) is 32.9. The Morgan fingerprint density at radius 2 is 0.978 bits per heavy atom. The molecule has 0 aromatic rings. The maximum Gasteiger partial charge on any atom is 0.306 e. The van der Waals surface area contributed by atoms with E-state index in [1.165, 1.54) is 135 Å². The molecule has 6 heteroatoms. The number of ether oxygens (including phenoxy) is 1. The van der Waals surface area contributed by atoms with Gasteiger partial charge in [0.25, 0.3) is 0 Å². The average molecular weight is 658 g/mol. The van der Waals surface area contributed by atoms with Gasteiger partial charge in [0.05, 0.1) is 19.1 Å². The van der Waals surface area contributed by atoms with Gasteiger partial charge in [-0.3, -0.25) is 4.79 Å². The van der Waals surface area contributed by atoms with Gasteiger partial charge >= 0.3 is 5.97 Å². The van der Waals surface area contributed by atoms with Crippen LogP contribution in [-0.2, 0) is 19.1 Å². The van der Waals surface area contributed by atoms with Crippen molar-refractivity contribution < 1.29 is 19.1 Å². The van der Waals surface area contributed by atoms with Crippen molar-refractivity contribution in [3.63, 3.8) is 0 Å². The molecule has 0 saturated heterocycles. The average Bonchev–Trinajstić information content (AvgIpc) is 3.06. The first kappa shape index (κ1) is 48.5. The van der Waals surface area contributed by atoms with E-state index in [-0.39, 0.29) is 12.0 Å². The molecule has 5 nitrogen and oxygen atoms in total. The normalized spacial score (nSPS) is 11.9. The van der Waals surface area contributed by atoms with Crippen LogP contribution < -0.4 is 5.73 Å². The predicted molar refractivity (Wildman–Crippen MR) is 200 cm³/mol. The molecule has 0 amide bonds. The Morgan fingerprint density at radius 1 is 0.578 bits per heavy atom. The highest BCUT2D eigenvalue weighted by molar-refractivity contribution is 7.99. The Hall–Kier alpha value is -0.880. The van der Waals surface area contributed by atoms with Gasteiger partial charge in [0.15, 0.2) is 0 Å². The van der Waals surface area contributed by atoms with Crippen molar-refractivity contribution in [3.05, 3.63) is 0 Å². The summed E-state index contributed by atoms with van der Waals surface area (Å²) in [5.74, 6) is 1.78. The summed E-state index contributed by atoms with van der Waals surface area (Å²) in [5, 5.41) is 0. The van der Waals surface area contributed by atoms with E-state index in [1.807, 2.05) is 13.8 Å². The van der Waals surface area contributed by atoms with Crippen LogP contribution in [0, 0.1) is 5.92 Å². The van der Waals surface area contributed by atoms with Crippen LogP contribution in [0.4, 0.5) is 0 Å². The number of esters is 1. The molecule has 0 radical (unpaired) electrons. The maximum atomic E-state index is 11.6. The number of rotatable bonds is 33. The van der Waals surface area contributed by atoms with Gasteiger partial charge in [0.2, 0.25) is 0 Å². The molecule has 0 saturated carbocycles. The lowest BCUT2D eigenvalue weighted by atomic mass is 9.95. The molecule has 45 heavy (non-hydrogen) atoms. The minimum Gasteiger partial charge on any atom is -0.466 e. The zero-order valence-electron chi connectivity index (χ0n) is 30.9. The smallest absolute Gasteiger partial charge is 0.306 e. The molecule has 270 valence electrons. The Balaban J connectivity index is -0.000000802. The van der Waals surface area contributed by atoms with Crippen LogP contribution >= 0.6 is 11.8 Å². The quantitative estimate of drug-likeness (QED) is 0.0429. The third-order valence-electron chi connectivity index (χ3n) is 8.03. The summed E-state index contributed by atoms with van der Waals surface area (Å²) < 4.78 is 5.25. The van der Waals surface area contributed by atoms with Crippen molar-refractivity contribution in [1.82, 2.24) is 0 Å². The lowest BCUT2D eigenvalue weighted by Gasteiger charge is -2.09. The first-order chi connectivity index (χ1) is 22.0. The molecule has 2 unspecified atom stereocenters. The fourth-order valence-corrected chi connectivity index (χ4v) is 6.00. The molecular weight excluding hydrogens is 578 g/mol. The molecule has 2 atom stereocenters. The minimum absolute atomic E-state index is 0.111. The molecular formula is C39H79NO4S. The summed E-state index contributed by atoms with van der Waals surface area (Å²) in [5.41, 5.74) is 5.50. The van der Waals surface area contributed by atoms with Crippen LogP contribution in [0.15, 0.2) is 0 Å². The zero-order chi connectivity index (χ0) is 34.1. The second kappa shape index (κ2) is 45.2. The van der Waals surface area contributed by atoms with E-state index in [4.69, 9.17) is 10.5 Å². The summed E-state index contributed by atoms with van der Waals surface area (Å²) in [6.45, 7) is 11.3. The monoisotopic (exact) mass is 658 g/mol. The van der Waals surface area contributed by atoms with Crippen molar-refractivity contribution in [3.8, 4) is 0 Å². The number of thioether (sulfide) groups is 1. The Morgan fingerprint density at radius 3 is 1.40 bits per heavy atom. The molecule has 0 bridgehead atoms. The molecule has 0 heterocycles. The van der Waals surface area contributed by atoms with Gasteiger partial charge in [-0.15, -0.1) is 0 Å². The molecule has 0 spiro atoms. The topological polar surface area (TPSA) is 86.5 Å². The van der Waals surface area contributed by atoms with Gasteiger partial charge in [0.1, 0.15) is 12.6 Å². The first-order valence-corrected chi connectivity index (χ1v) is 20.6. The second-order valence-electron chi connectivity index (χ2n) is 12.4. The summed E-state index contributed by atoms with van der Waals surface area (Å²) in [7, 11) is 0. The Labute approximate surface area is 286 Å². The number of hydrogen-bond acceptors (Lipinski definition) is 6. The lowest BCUT2D eigenvalue weighted by Crippen LogP contribution is -2.21. The summed E-state index contributed by atoms with van der Waals surface area (Å²) >= 11 is 1.65. The van der Waals surface area contributed by atoms with Gasteiger partial charge in [0, 0.05) is 11.7 Å². The standard InChI is InChI=1S/C21H41NO3S.C16H32O.C2H6/c1-2-3-4-5-6-7-8-9-10-11-12-13-16-25-21(24)15-18-26-17-14-20(22)19-23;1-3-5-7-9-10-12-14-16(15-17)13-11-8-6-4-2;1-2/h19-20H,2-18,22H2,1H3;15-16H,3-14H2,1-2H3;1-2H3. The van der Waals surface area contributed by atoms with E-state index in [1.54, 1.807) is 11.8 Å². The van der Waals surface area contributed by atoms with E-state index in [9.17, 15) is 14.4 Å². The predicted octanol–water partition coefficient (Wildman–Crippen LogP) is 11.8. The van der Waals surface area contributed by atoms with Gasteiger partial charge in [-0.25, -0.2) is 0 Å². The van der Waals surface area contributed by atoms with Crippen LogP contribution in [0.3, 0.4) is 0 Å². The number of hydrogen-bond donors (Lipinski definition) is 1. The van der Waals surface area contributed by atoms with Crippen LogP contribution in [-0.4, -0.2) is 42.7 Å². The molecule has 2 N–H and O–H groups in total. The van der Waals surface area contributed by atoms with E-state index < -0.39 is 0 Å². The maximum absolute atomic E-state index is 11.6. The molecule has 0 aromatic heterocycles. The van der Waals surface area contributed by atoms with Crippen LogP contribution in [0.5, 0.6) is 0 Å². The van der Waals surface area contributed by atoms with E-state index >= 15 is 0 Å². The largest absolute Gasteiger partial charge is 0.466 e. The van der Waals surface area contributed by atoms with Crippen molar-refractivity contribution >= 4 is 30.3 Å². The third kappa shape index (κ3) is 45.3. The van der Waals surface area contributed by atoms with Gasteiger partial charge in [-0.2, -0.15) is 11.8 Å². The van der Waals surface area contributed by atoms with E-state index in [2.05, 4.69) is 20.8 Å². The van der Waals surface area contributed by atoms with Crippen molar-refractivity contribution in [1.29, 1.82) is 0 Å². The van der Waals surface area contributed by atoms with Crippen molar-refractivity contribution in [2.45, 2.75) is 208 Å². The van der Waals surface area contributed by atoms with Crippen LogP contribution in [0.25, 0.3) is 0 Å². The number of unbranched alkanes of at least 4 members (excludes halogenated alkanes) is 19. The highest BCUT2D eigenvalue weighted by Crippen LogP contribution is 2.17.